The Bertz CT molecular complexity index is 632. The lowest BCUT2D eigenvalue weighted by molar-refractivity contribution is -0.142. The Balaban J connectivity index is 1.96. The molecule has 0 bridgehead atoms. The highest BCUT2D eigenvalue weighted by Gasteiger charge is 2.26. The summed E-state index contributed by atoms with van der Waals surface area (Å²) in [7, 11) is 1.53. The number of hydrogen-bond donors (Lipinski definition) is 2. The number of hydrogen-bond acceptors (Lipinski definition) is 4. The summed E-state index contributed by atoms with van der Waals surface area (Å²) in [5.74, 6) is -0.695. The van der Waals surface area contributed by atoms with Crippen LogP contribution < -0.4 is 10.1 Å². The zero-order valence-electron chi connectivity index (χ0n) is 14.0. The number of carboxylic acid groups (broad SMARTS) is 1. The summed E-state index contributed by atoms with van der Waals surface area (Å²) in [4.78, 5) is 34.7. The number of rotatable bonds is 6. The molecule has 0 unspecified atom stereocenters. The molecule has 0 aliphatic heterocycles. The minimum absolute atomic E-state index is 0.00934. The van der Waals surface area contributed by atoms with Crippen LogP contribution in [0.3, 0.4) is 0 Å². The van der Waals surface area contributed by atoms with Crippen LogP contribution in [-0.4, -0.2) is 35.9 Å². The smallest absolute Gasteiger partial charge is 0.306 e. The first-order chi connectivity index (χ1) is 11.4. The number of nitrogens with one attached hydrogen (secondary N) is 1. The van der Waals surface area contributed by atoms with Crippen molar-refractivity contribution >= 4 is 17.7 Å². The van der Waals surface area contributed by atoms with E-state index in [4.69, 9.17) is 9.84 Å². The van der Waals surface area contributed by atoms with Gasteiger partial charge in [0.25, 0.3) is 0 Å². The van der Waals surface area contributed by atoms with Crippen molar-refractivity contribution in [2.45, 2.75) is 45.1 Å². The van der Waals surface area contributed by atoms with E-state index in [0.29, 0.717) is 42.6 Å². The highest BCUT2D eigenvalue weighted by atomic mass is 16.5. The minimum Gasteiger partial charge on any atom is -0.496 e. The summed E-state index contributed by atoms with van der Waals surface area (Å²) in [6.07, 6.45) is 2.65. The fourth-order valence-electron chi connectivity index (χ4n) is 3.07. The minimum atomic E-state index is -0.759. The molecule has 0 atom stereocenters. The summed E-state index contributed by atoms with van der Waals surface area (Å²) in [5.41, 5.74) is 1.21. The maximum Gasteiger partial charge on any atom is 0.306 e. The lowest BCUT2D eigenvalue weighted by Gasteiger charge is -2.27. The van der Waals surface area contributed by atoms with Crippen molar-refractivity contribution in [1.82, 2.24) is 5.32 Å². The molecule has 1 amide bonds. The summed E-state index contributed by atoms with van der Waals surface area (Å²) in [5, 5.41) is 12.0. The van der Waals surface area contributed by atoms with E-state index in [2.05, 4.69) is 5.32 Å². The molecule has 1 fully saturated rings. The Hall–Kier alpha value is -2.37. The second-order valence-electron chi connectivity index (χ2n) is 6.21. The Morgan fingerprint density at radius 3 is 2.42 bits per heavy atom. The number of carbonyl (C=O) groups is 3. The predicted molar refractivity (Wildman–Crippen MR) is 88.2 cm³/mol. The molecule has 1 aromatic rings. The van der Waals surface area contributed by atoms with Gasteiger partial charge in [-0.05, 0) is 50.8 Å². The number of methoxy groups -OCH3 is 1. The molecule has 1 aliphatic carbocycles. The molecule has 1 aromatic carbocycles. The second-order valence-corrected chi connectivity index (χ2v) is 6.21. The Morgan fingerprint density at radius 2 is 1.88 bits per heavy atom. The number of amides is 1. The van der Waals surface area contributed by atoms with Crippen LogP contribution in [0.25, 0.3) is 0 Å². The van der Waals surface area contributed by atoms with Crippen molar-refractivity contribution < 1.29 is 24.2 Å². The molecule has 0 heterocycles. The molecule has 130 valence electrons. The van der Waals surface area contributed by atoms with Crippen LogP contribution in [0.2, 0.25) is 0 Å². The Labute approximate surface area is 141 Å². The summed E-state index contributed by atoms with van der Waals surface area (Å²) in [6, 6.07) is 5.06. The third kappa shape index (κ3) is 4.57. The molecule has 2 rings (SSSR count). The summed E-state index contributed by atoms with van der Waals surface area (Å²) in [6.45, 7) is 1.48. The van der Waals surface area contributed by atoms with Crippen molar-refractivity contribution in [3.63, 3.8) is 0 Å². The van der Waals surface area contributed by atoms with Gasteiger partial charge in [0.05, 0.1) is 19.4 Å². The first-order valence-electron chi connectivity index (χ1n) is 8.10. The topological polar surface area (TPSA) is 92.7 Å². The first-order valence-corrected chi connectivity index (χ1v) is 8.10. The summed E-state index contributed by atoms with van der Waals surface area (Å²) < 4.78 is 5.25. The zero-order chi connectivity index (χ0) is 17.7. The first kappa shape index (κ1) is 18.0. The maximum absolute atomic E-state index is 12.3. The lowest BCUT2D eigenvalue weighted by Crippen LogP contribution is -2.39. The van der Waals surface area contributed by atoms with Gasteiger partial charge in [-0.1, -0.05) is 0 Å². The third-order valence-corrected chi connectivity index (χ3v) is 4.48. The van der Waals surface area contributed by atoms with Gasteiger partial charge >= 0.3 is 5.97 Å². The fraction of sp³-hybridized carbons (Fsp3) is 0.500. The van der Waals surface area contributed by atoms with Crippen molar-refractivity contribution in [3.8, 4) is 5.75 Å². The maximum atomic E-state index is 12.3. The highest BCUT2D eigenvalue weighted by molar-refractivity contribution is 5.94. The highest BCUT2D eigenvalue weighted by Crippen LogP contribution is 2.25. The molecule has 6 heteroatoms. The Morgan fingerprint density at radius 1 is 1.21 bits per heavy atom. The number of aliphatic carboxylic acids is 1. The van der Waals surface area contributed by atoms with Crippen LogP contribution in [0.5, 0.6) is 5.75 Å². The van der Waals surface area contributed by atoms with Gasteiger partial charge in [-0.3, -0.25) is 14.4 Å². The number of Topliss-reactive ketones (excluding diaryl/α,β-unsaturated/α-hetero) is 1. The van der Waals surface area contributed by atoms with Crippen LogP contribution in [-0.2, 0) is 16.0 Å². The SMILES string of the molecule is COc1ccc(C(C)=O)cc1CC(=O)NC1CCC(C(=O)O)CC1. The predicted octanol–water partition coefficient (Wildman–Crippen LogP) is 2.20. The van der Waals surface area contributed by atoms with Gasteiger partial charge in [0.1, 0.15) is 5.75 Å². The average Bonchev–Trinajstić information content (AvgIpc) is 2.55. The number of carboxylic acids is 1. The van der Waals surface area contributed by atoms with Crippen LogP contribution in [0.15, 0.2) is 18.2 Å². The average molecular weight is 333 g/mol. The molecule has 0 spiro atoms. The number of ether oxygens (including phenoxy) is 1. The molecule has 0 radical (unpaired) electrons. The van der Waals surface area contributed by atoms with Crippen molar-refractivity contribution in [1.29, 1.82) is 0 Å². The van der Waals surface area contributed by atoms with E-state index in [9.17, 15) is 14.4 Å². The van der Waals surface area contributed by atoms with E-state index < -0.39 is 5.97 Å². The molecule has 2 N–H and O–H groups in total. The second kappa shape index (κ2) is 7.95. The van der Waals surface area contributed by atoms with Crippen molar-refractivity contribution in [2.24, 2.45) is 5.92 Å². The van der Waals surface area contributed by atoms with Crippen molar-refractivity contribution in [3.05, 3.63) is 29.3 Å². The third-order valence-electron chi connectivity index (χ3n) is 4.48. The van der Waals surface area contributed by atoms with E-state index in [1.807, 2.05) is 0 Å². The number of carbonyl (C=O) groups excluding carboxylic acids is 2. The molecular formula is C18H23NO5. The van der Waals surface area contributed by atoms with E-state index in [1.165, 1.54) is 14.0 Å². The normalized spacial score (nSPS) is 20.2. The van der Waals surface area contributed by atoms with Gasteiger partial charge in [-0.2, -0.15) is 0 Å². The van der Waals surface area contributed by atoms with E-state index in [-0.39, 0.29) is 30.1 Å². The van der Waals surface area contributed by atoms with E-state index >= 15 is 0 Å². The van der Waals surface area contributed by atoms with Crippen molar-refractivity contribution in [2.75, 3.05) is 7.11 Å². The van der Waals surface area contributed by atoms with Gasteiger partial charge in [0.2, 0.25) is 5.91 Å². The molecular weight excluding hydrogens is 310 g/mol. The van der Waals surface area contributed by atoms with Gasteiger partial charge in [0.15, 0.2) is 5.78 Å². The molecule has 0 saturated heterocycles. The van der Waals surface area contributed by atoms with E-state index in [1.54, 1.807) is 18.2 Å². The largest absolute Gasteiger partial charge is 0.496 e. The number of benzene rings is 1. The fourth-order valence-corrected chi connectivity index (χ4v) is 3.07. The molecule has 6 nitrogen and oxygen atoms in total. The van der Waals surface area contributed by atoms with Crippen LogP contribution in [0.4, 0.5) is 0 Å². The standard InChI is InChI=1S/C18H23NO5/c1-11(20)13-5-8-16(24-2)14(9-13)10-17(21)19-15-6-3-12(4-7-15)18(22)23/h5,8-9,12,15H,3-4,6-7,10H2,1-2H3,(H,19,21)(H,22,23). The van der Waals surface area contributed by atoms with Gasteiger partial charge in [-0.25, -0.2) is 0 Å². The monoisotopic (exact) mass is 333 g/mol. The molecule has 1 aliphatic rings. The van der Waals surface area contributed by atoms with Crippen LogP contribution in [0, 0.1) is 5.92 Å². The summed E-state index contributed by atoms with van der Waals surface area (Å²) >= 11 is 0. The van der Waals surface area contributed by atoms with Gasteiger partial charge < -0.3 is 15.2 Å². The molecule has 24 heavy (non-hydrogen) atoms. The van der Waals surface area contributed by atoms with Crippen LogP contribution in [0.1, 0.15) is 48.5 Å². The van der Waals surface area contributed by atoms with Gasteiger partial charge in [-0.15, -0.1) is 0 Å². The molecule has 1 saturated carbocycles. The lowest BCUT2D eigenvalue weighted by atomic mass is 9.86. The quantitative estimate of drug-likeness (QED) is 0.779. The zero-order valence-corrected chi connectivity index (χ0v) is 14.0. The number of ketones is 1. The van der Waals surface area contributed by atoms with Crippen LogP contribution >= 0.6 is 0 Å². The Kier molecular flexibility index (Phi) is 5.95. The van der Waals surface area contributed by atoms with Gasteiger partial charge in [0, 0.05) is 17.2 Å². The van der Waals surface area contributed by atoms with E-state index in [0.717, 1.165) is 0 Å². The molecule has 0 aromatic heterocycles.